The first kappa shape index (κ1) is 30.7. The highest BCUT2D eigenvalue weighted by Gasteiger charge is 2.42. The molecular formula is C26H41N5O7S. The first-order valence-corrected chi connectivity index (χ1v) is 15.1. The Balaban J connectivity index is 1.25. The number of thioether (sulfide) groups is 1. The molecule has 3 saturated heterocycles. The highest BCUT2D eigenvalue weighted by molar-refractivity contribution is 8.00. The summed E-state index contributed by atoms with van der Waals surface area (Å²) >= 11 is 1.87. The molecule has 0 bridgehead atoms. The van der Waals surface area contributed by atoms with Crippen LogP contribution in [0.1, 0.15) is 89.9 Å². The molecule has 0 aromatic carbocycles. The Labute approximate surface area is 233 Å². The number of carboxylic acids is 1. The van der Waals surface area contributed by atoms with Crippen molar-refractivity contribution < 1.29 is 33.9 Å². The molecule has 0 aromatic heterocycles. The van der Waals surface area contributed by atoms with Gasteiger partial charge in [-0.15, -0.1) is 0 Å². The van der Waals surface area contributed by atoms with Crippen molar-refractivity contribution in [2.24, 2.45) is 0 Å². The molecule has 3 rings (SSSR count). The van der Waals surface area contributed by atoms with Crippen LogP contribution in [0.3, 0.4) is 0 Å². The highest BCUT2D eigenvalue weighted by Crippen LogP contribution is 2.33. The SMILES string of the molecule is O=C(O)CCCCCN(C(=O)CCCCCNC(=O)CCCC[C@@H]1SC[C@@H]2NC(=O)N[C@@H]21)N1C(=O)CCC1=O. The molecule has 0 saturated carbocycles. The number of amides is 6. The zero-order valence-electron chi connectivity index (χ0n) is 22.5. The number of nitrogens with one attached hydrogen (secondary N) is 3. The van der Waals surface area contributed by atoms with Crippen molar-refractivity contribution >= 4 is 47.4 Å². The lowest BCUT2D eigenvalue weighted by Crippen LogP contribution is -2.49. The zero-order chi connectivity index (χ0) is 28.2. The molecule has 13 heteroatoms. The van der Waals surface area contributed by atoms with Gasteiger partial charge in [0.15, 0.2) is 0 Å². The Bertz CT molecular complexity index is 901. The second kappa shape index (κ2) is 15.7. The van der Waals surface area contributed by atoms with E-state index in [9.17, 15) is 28.8 Å². The number of hydrogen-bond acceptors (Lipinski definition) is 7. The van der Waals surface area contributed by atoms with Gasteiger partial charge >= 0.3 is 12.0 Å². The van der Waals surface area contributed by atoms with Crippen LogP contribution in [0.25, 0.3) is 0 Å². The number of carboxylic acid groups (broad SMARTS) is 1. The monoisotopic (exact) mass is 567 g/mol. The predicted octanol–water partition coefficient (Wildman–Crippen LogP) is 1.93. The fourth-order valence-corrected chi connectivity index (χ4v) is 6.73. The average molecular weight is 568 g/mol. The predicted molar refractivity (Wildman–Crippen MR) is 144 cm³/mol. The Morgan fingerprint density at radius 1 is 0.897 bits per heavy atom. The number of imide groups is 1. The van der Waals surface area contributed by atoms with Gasteiger partial charge in [0, 0.05) is 56.2 Å². The molecular weight excluding hydrogens is 526 g/mol. The third kappa shape index (κ3) is 9.70. The fourth-order valence-electron chi connectivity index (χ4n) is 5.18. The number of rotatable bonds is 18. The van der Waals surface area contributed by atoms with E-state index < -0.39 is 5.97 Å². The summed E-state index contributed by atoms with van der Waals surface area (Å²) < 4.78 is 0. The minimum atomic E-state index is -0.875. The van der Waals surface area contributed by atoms with Crippen LogP contribution in [-0.2, 0) is 24.0 Å². The average Bonchev–Trinajstić information content (AvgIpc) is 3.55. The van der Waals surface area contributed by atoms with Gasteiger partial charge in [-0.25, -0.2) is 9.80 Å². The van der Waals surface area contributed by atoms with Crippen molar-refractivity contribution in [3.63, 3.8) is 0 Å². The van der Waals surface area contributed by atoms with Crippen LogP contribution >= 0.6 is 11.8 Å². The van der Waals surface area contributed by atoms with Gasteiger partial charge in [-0.2, -0.15) is 16.8 Å². The topological polar surface area (TPSA) is 165 Å². The van der Waals surface area contributed by atoms with Crippen LogP contribution in [-0.4, -0.2) is 86.9 Å². The molecule has 0 radical (unpaired) electrons. The number of hydrogen-bond donors (Lipinski definition) is 4. The molecule has 3 aliphatic heterocycles. The number of carbonyl (C=O) groups is 6. The van der Waals surface area contributed by atoms with Crippen LogP contribution < -0.4 is 16.0 Å². The van der Waals surface area contributed by atoms with E-state index >= 15 is 0 Å². The van der Waals surface area contributed by atoms with Crippen LogP contribution in [0.2, 0.25) is 0 Å². The van der Waals surface area contributed by atoms with Crippen LogP contribution in [0.5, 0.6) is 0 Å². The largest absolute Gasteiger partial charge is 0.481 e. The summed E-state index contributed by atoms with van der Waals surface area (Å²) in [6, 6.07) is 0.323. The maximum atomic E-state index is 12.8. The molecule has 3 fully saturated rings. The number of aliphatic carboxylic acids is 1. The lowest BCUT2D eigenvalue weighted by atomic mass is 10.0. The summed E-state index contributed by atoms with van der Waals surface area (Å²) in [6.07, 6.45) is 7.20. The highest BCUT2D eigenvalue weighted by atomic mass is 32.2. The van der Waals surface area contributed by atoms with Gasteiger partial charge in [-0.05, 0) is 38.5 Å². The Morgan fingerprint density at radius 2 is 1.59 bits per heavy atom. The maximum Gasteiger partial charge on any atom is 0.315 e. The smallest absolute Gasteiger partial charge is 0.315 e. The Morgan fingerprint density at radius 3 is 2.33 bits per heavy atom. The maximum absolute atomic E-state index is 12.8. The molecule has 3 atom stereocenters. The molecule has 6 amide bonds. The van der Waals surface area contributed by atoms with Gasteiger partial charge in [-0.1, -0.05) is 19.3 Å². The normalized spacial score (nSPS) is 22.0. The summed E-state index contributed by atoms with van der Waals surface area (Å²) in [5.41, 5.74) is 0. The standard InChI is InChI=1S/C26H41N5O7S/c32-20(10-6-5-9-19-25-18(17-39-19)28-26(38)29-25)27-15-7-1-3-11-21(33)30(16-8-2-4-12-24(36)37)31-22(34)13-14-23(31)35/h18-19,25H,1-17H2,(H,27,32)(H,36,37)(H2,28,29,38)/t18-,19-,25-/m0/s1. The number of fused-ring (bicyclic) bond motifs is 1. The minimum absolute atomic E-state index is 0.0130. The summed E-state index contributed by atoms with van der Waals surface area (Å²) in [5.74, 6) is -0.981. The van der Waals surface area contributed by atoms with E-state index in [4.69, 9.17) is 5.11 Å². The van der Waals surface area contributed by atoms with Gasteiger partial charge in [0.1, 0.15) is 0 Å². The molecule has 3 aliphatic rings. The molecule has 0 aromatic rings. The first-order valence-electron chi connectivity index (χ1n) is 14.1. The summed E-state index contributed by atoms with van der Waals surface area (Å²) in [6.45, 7) is 0.738. The van der Waals surface area contributed by atoms with Crippen molar-refractivity contribution in [1.82, 2.24) is 26.0 Å². The fraction of sp³-hybridized carbons (Fsp3) is 0.769. The molecule has 0 aliphatic carbocycles. The van der Waals surface area contributed by atoms with Crippen LogP contribution in [0, 0.1) is 0 Å². The van der Waals surface area contributed by atoms with Crippen molar-refractivity contribution in [2.75, 3.05) is 18.8 Å². The van der Waals surface area contributed by atoms with Gasteiger partial charge < -0.3 is 21.1 Å². The summed E-state index contributed by atoms with van der Waals surface area (Å²) in [7, 11) is 0. The number of nitrogens with zero attached hydrogens (tertiary/aromatic N) is 2. The Kier molecular flexibility index (Phi) is 12.3. The van der Waals surface area contributed by atoms with E-state index in [-0.39, 0.29) is 74.0 Å². The second-order valence-corrected chi connectivity index (χ2v) is 11.6. The lowest BCUT2D eigenvalue weighted by Gasteiger charge is -2.30. The second-order valence-electron chi connectivity index (χ2n) is 10.3. The zero-order valence-corrected chi connectivity index (χ0v) is 23.3. The molecule has 3 heterocycles. The van der Waals surface area contributed by atoms with Crippen LogP contribution in [0.4, 0.5) is 4.79 Å². The van der Waals surface area contributed by atoms with E-state index in [1.165, 1.54) is 5.01 Å². The van der Waals surface area contributed by atoms with Gasteiger partial charge in [0.05, 0.1) is 12.1 Å². The molecule has 39 heavy (non-hydrogen) atoms. The van der Waals surface area contributed by atoms with Gasteiger partial charge in [0.2, 0.25) is 23.6 Å². The number of carbonyl (C=O) groups excluding carboxylic acids is 5. The number of unbranched alkanes of at least 4 members (excludes halogenated alkanes) is 5. The molecule has 0 unspecified atom stereocenters. The number of hydrazine groups is 1. The summed E-state index contributed by atoms with van der Waals surface area (Å²) in [5, 5.41) is 20.2. The number of urea groups is 1. The molecule has 12 nitrogen and oxygen atoms in total. The third-order valence-corrected chi connectivity index (χ3v) is 8.79. The van der Waals surface area contributed by atoms with Crippen molar-refractivity contribution in [2.45, 2.75) is 107 Å². The molecule has 4 N–H and O–H groups in total. The van der Waals surface area contributed by atoms with E-state index in [1.54, 1.807) is 0 Å². The van der Waals surface area contributed by atoms with E-state index in [2.05, 4.69) is 16.0 Å². The van der Waals surface area contributed by atoms with E-state index in [1.807, 2.05) is 11.8 Å². The molecule has 218 valence electrons. The van der Waals surface area contributed by atoms with Crippen molar-refractivity contribution in [1.29, 1.82) is 0 Å². The minimum Gasteiger partial charge on any atom is -0.481 e. The van der Waals surface area contributed by atoms with Gasteiger partial charge in [-0.3, -0.25) is 24.0 Å². The van der Waals surface area contributed by atoms with E-state index in [0.717, 1.165) is 42.9 Å². The van der Waals surface area contributed by atoms with E-state index in [0.29, 0.717) is 43.9 Å². The Hall–Kier alpha value is -2.83. The van der Waals surface area contributed by atoms with Crippen molar-refractivity contribution in [3.8, 4) is 0 Å². The first-order chi connectivity index (χ1) is 18.8. The van der Waals surface area contributed by atoms with Crippen molar-refractivity contribution in [3.05, 3.63) is 0 Å². The van der Waals surface area contributed by atoms with Gasteiger partial charge in [0.25, 0.3) is 0 Å². The molecule has 0 spiro atoms. The quantitative estimate of drug-likeness (QED) is 0.111. The van der Waals surface area contributed by atoms with Crippen LogP contribution in [0.15, 0.2) is 0 Å². The lowest BCUT2D eigenvalue weighted by molar-refractivity contribution is -0.168. The summed E-state index contributed by atoms with van der Waals surface area (Å²) in [4.78, 5) is 71.5. The third-order valence-electron chi connectivity index (χ3n) is 7.29.